The number of halogens is 2. The molecule has 0 spiro atoms. The van der Waals surface area contributed by atoms with Gasteiger partial charge in [-0.15, -0.1) is 11.3 Å². The van der Waals surface area contributed by atoms with Crippen molar-refractivity contribution >= 4 is 46.5 Å². The van der Waals surface area contributed by atoms with E-state index in [0.717, 1.165) is 35.6 Å². The molecule has 5 rings (SSSR count). The van der Waals surface area contributed by atoms with Crippen molar-refractivity contribution in [2.75, 3.05) is 47.6 Å². The van der Waals surface area contributed by atoms with Crippen LogP contribution in [0, 0.1) is 5.92 Å². The highest BCUT2D eigenvalue weighted by atomic mass is 35.5. The summed E-state index contributed by atoms with van der Waals surface area (Å²) < 4.78 is 17.5. The number of benzene rings is 2. The number of hydrogen-bond acceptors (Lipinski definition) is 11. The molecule has 1 saturated heterocycles. The molecule has 2 aromatic heterocycles. The molecule has 0 amide bonds. The molecule has 4 aromatic rings. The molecule has 3 heterocycles. The van der Waals surface area contributed by atoms with Gasteiger partial charge in [0.2, 0.25) is 12.4 Å². The van der Waals surface area contributed by atoms with E-state index in [4.69, 9.17) is 37.4 Å². The van der Waals surface area contributed by atoms with E-state index < -0.39 is 30.0 Å². The van der Waals surface area contributed by atoms with E-state index in [2.05, 4.69) is 10.2 Å². The maximum absolute atomic E-state index is 13.8. The second kappa shape index (κ2) is 16.4. The summed E-state index contributed by atoms with van der Waals surface area (Å²) in [4.78, 5) is 29.2. The minimum absolute atomic E-state index is 0.0116. The number of nitrogens with zero attached hydrogens (tertiary/aromatic N) is 2. The number of thiophene rings is 1. The maximum Gasteiger partial charge on any atom is 0.333 e. The van der Waals surface area contributed by atoms with Crippen LogP contribution in [-0.4, -0.2) is 74.7 Å². The summed E-state index contributed by atoms with van der Waals surface area (Å²) in [6.45, 7) is 1.35. The molecular weight excluding hydrogens is 705 g/mol. The third-order valence-electron chi connectivity index (χ3n) is 9.01. The summed E-state index contributed by atoms with van der Waals surface area (Å²) in [5.74, 6) is -1.56. The largest absolute Gasteiger partial charge is 0.544 e. The Bertz CT molecular complexity index is 1800. The zero-order chi connectivity index (χ0) is 36.0. The minimum Gasteiger partial charge on any atom is -0.544 e. The molecule has 1 fully saturated rings. The van der Waals surface area contributed by atoms with Gasteiger partial charge in [0.05, 0.1) is 38.3 Å². The van der Waals surface area contributed by atoms with E-state index in [1.54, 1.807) is 48.5 Å². The predicted molar refractivity (Wildman–Crippen MR) is 186 cm³/mol. The fourth-order valence-electron chi connectivity index (χ4n) is 6.32. The Morgan fingerprint density at radius 1 is 1.10 bits per heavy atom. The molecule has 50 heavy (non-hydrogen) atoms. The van der Waals surface area contributed by atoms with Crippen LogP contribution in [0.1, 0.15) is 49.1 Å². The molecule has 0 aliphatic carbocycles. The van der Waals surface area contributed by atoms with Gasteiger partial charge in [-0.25, -0.2) is 4.79 Å². The topological polar surface area (TPSA) is 144 Å². The zero-order valence-corrected chi connectivity index (χ0v) is 30.2. The predicted octanol–water partition coefficient (Wildman–Crippen LogP) is 3.81. The quantitative estimate of drug-likeness (QED) is 0.0935. The molecule has 3 atom stereocenters. The van der Waals surface area contributed by atoms with Crippen LogP contribution in [0.15, 0.2) is 67.0 Å². The van der Waals surface area contributed by atoms with E-state index >= 15 is 0 Å². The van der Waals surface area contributed by atoms with E-state index in [1.165, 1.54) is 26.6 Å². The lowest BCUT2D eigenvalue weighted by Gasteiger charge is -2.31. The fraction of sp³-hybridized carbons (Fsp3) is 0.361. The summed E-state index contributed by atoms with van der Waals surface area (Å²) >= 11 is 14.1. The summed E-state index contributed by atoms with van der Waals surface area (Å²) in [6, 6.07) is 15.8. The summed E-state index contributed by atoms with van der Waals surface area (Å²) in [7, 11) is 5.03. The van der Waals surface area contributed by atoms with Crippen molar-refractivity contribution in [2.45, 2.75) is 30.8 Å². The number of esters is 1. The number of aromatic nitrogens is 1. The van der Waals surface area contributed by atoms with Crippen molar-refractivity contribution in [1.29, 1.82) is 0 Å². The molecule has 1 unspecified atom stereocenters. The summed E-state index contributed by atoms with van der Waals surface area (Å²) in [5.41, 5.74) is 0.448. The van der Waals surface area contributed by atoms with Crippen molar-refractivity contribution < 1.29 is 44.0 Å². The van der Waals surface area contributed by atoms with Gasteiger partial charge in [-0.05, 0) is 61.3 Å². The molecular formula is C36H39Cl2N3O8S. The van der Waals surface area contributed by atoms with Gasteiger partial charge in [0.15, 0.2) is 17.0 Å². The van der Waals surface area contributed by atoms with Crippen LogP contribution >= 0.6 is 34.5 Å². The van der Waals surface area contributed by atoms with Crippen LogP contribution < -0.4 is 24.6 Å². The molecule has 1 aliphatic rings. The SMILES string of the molecule is COc1ccc([C@H](Cc2c(Cl)c[n+](O)cc2Cl)c2cc(CNC(CO)(C(=O)OC[C@H]3CCN(C)C3)c3ccccc3)sc2C(=O)[O-])cc1OC. The second-order valence-electron chi connectivity index (χ2n) is 12.3. The smallest absolute Gasteiger partial charge is 0.333 e. The van der Waals surface area contributed by atoms with E-state index in [-0.39, 0.29) is 40.4 Å². The van der Waals surface area contributed by atoms with Crippen molar-refractivity contribution in [3.63, 3.8) is 0 Å². The van der Waals surface area contributed by atoms with E-state index in [9.17, 15) is 25.0 Å². The van der Waals surface area contributed by atoms with E-state index in [0.29, 0.717) is 38.6 Å². The first kappa shape index (κ1) is 37.3. The average Bonchev–Trinajstić information content (AvgIpc) is 3.73. The summed E-state index contributed by atoms with van der Waals surface area (Å²) in [5, 5.41) is 37.0. The van der Waals surface area contributed by atoms with Crippen LogP contribution in [0.2, 0.25) is 10.0 Å². The highest BCUT2D eigenvalue weighted by Crippen LogP contribution is 2.41. The molecule has 1 aliphatic heterocycles. The Morgan fingerprint density at radius 3 is 2.40 bits per heavy atom. The van der Waals surface area contributed by atoms with Gasteiger partial charge in [-0.3, -0.25) is 10.5 Å². The summed E-state index contributed by atoms with van der Waals surface area (Å²) in [6.07, 6.45) is 3.63. The lowest BCUT2D eigenvalue weighted by atomic mass is 9.85. The van der Waals surface area contributed by atoms with Crippen molar-refractivity contribution in [2.24, 2.45) is 5.92 Å². The number of methoxy groups -OCH3 is 2. The van der Waals surface area contributed by atoms with Crippen LogP contribution in [0.4, 0.5) is 0 Å². The van der Waals surface area contributed by atoms with Crippen LogP contribution in [0.3, 0.4) is 0 Å². The fourth-order valence-corrected chi connectivity index (χ4v) is 7.92. The average molecular weight is 745 g/mol. The lowest BCUT2D eigenvalue weighted by molar-refractivity contribution is -0.904. The van der Waals surface area contributed by atoms with Crippen molar-refractivity contribution in [1.82, 2.24) is 10.2 Å². The minimum atomic E-state index is -1.62. The number of likely N-dealkylation sites (tertiary alicyclic amines) is 1. The normalized spacial score (nSPS) is 16.5. The van der Waals surface area contributed by atoms with Gasteiger partial charge < -0.3 is 34.1 Å². The first-order valence-electron chi connectivity index (χ1n) is 15.9. The van der Waals surface area contributed by atoms with Gasteiger partial charge >= 0.3 is 5.97 Å². The molecule has 266 valence electrons. The standard InChI is InChI=1S/C36H39Cl2N3O8S/c1-40-12-11-22(17-40)20-49-35(45)36(21-42,24-7-5-4-6-8-24)39-16-25-14-27(33(50-25)34(43)44)26(15-28-29(37)18-41(46)19-30(28)38)23-9-10-31(47-2)32(13-23)48-3/h4-10,13-14,18-19,22,26,39,42H,11-12,15-17,20-21H2,1-3H3,(H-,43,44,46)/t22-,26-,36?/m0/s1. The van der Waals surface area contributed by atoms with Gasteiger partial charge in [-0.2, -0.15) is 0 Å². The van der Waals surface area contributed by atoms with E-state index in [1.807, 2.05) is 13.1 Å². The Labute approximate surface area is 304 Å². The number of carbonyl (C=O) groups excluding carboxylic acids is 2. The number of nitrogens with one attached hydrogen (secondary N) is 1. The van der Waals surface area contributed by atoms with Gasteiger partial charge in [0, 0.05) is 40.1 Å². The second-order valence-corrected chi connectivity index (χ2v) is 14.2. The molecule has 2 aromatic carbocycles. The number of aliphatic hydroxyl groups is 1. The third kappa shape index (κ3) is 8.17. The number of aromatic carboxylic acids is 1. The number of aliphatic hydroxyl groups excluding tert-OH is 1. The third-order valence-corrected chi connectivity index (χ3v) is 10.8. The first-order chi connectivity index (χ1) is 24.0. The highest BCUT2D eigenvalue weighted by molar-refractivity contribution is 7.14. The number of pyridine rings is 1. The van der Waals surface area contributed by atoms with Crippen molar-refractivity contribution in [3.8, 4) is 11.5 Å². The molecule has 3 N–H and O–H groups in total. The Morgan fingerprint density at radius 2 is 1.80 bits per heavy atom. The Balaban J connectivity index is 1.53. The number of hydrogen-bond donors (Lipinski definition) is 3. The molecule has 14 heteroatoms. The highest BCUT2D eigenvalue weighted by Gasteiger charge is 2.42. The number of carboxylic acids is 1. The van der Waals surface area contributed by atoms with Crippen LogP contribution in [-0.2, 0) is 28.0 Å². The van der Waals surface area contributed by atoms with Gasteiger partial charge in [-0.1, -0.05) is 59.6 Å². The molecule has 11 nitrogen and oxygen atoms in total. The number of carboxylic acid groups (broad SMARTS) is 1. The number of carbonyl (C=O) groups is 2. The van der Waals surface area contributed by atoms with Gasteiger partial charge in [0.1, 0.15) is 10.0 Å². The first-order valence-corrected chi connectivity index (χ1v) is 17.5. The zero-order valence-electron chi connectivity index (χ0n) is 27.9. The van der Waals surface area contributed by atoms with Crippen LogP contribution in [0.25, 0.3) is 0 Å². The lowest BCUT2D eigenvalue weighted by Crippen LogP contribution is -2.53. The monoisotopic (exact) mass is 743 g/mol. The maximum atomic E-state index is 13.8. The molecule has 0 saturated carbocycles. The number of rotatable bonds is 15. The Hall–Kier alpha value is -3.91. The van der Waals surface area contributed by atoms with Crippen LogP contribution in [0.5, 0.6) is 11.5 Å². The van der Waals surface area contributed by atoms with Crippen molar-refractivity contribution in [3.05, 3.63) is 109 Å². The molecule has 0 bridgehead atoms. The molecule has 0 radical (unpaired) electrons. The number of ether oxygens (including phenoxy) is 3. The van der Waals surface area contributed by atoms with Gasteiger partial charge in [0.25, 0.3) is 0 Å². The Kier molecular flexibility index (Phi) is 12.3.